The lowest BCUT2D eigenvalue weighted by Gasteiger charge is -2.34. The highest BCUT2D eigenvalue weighted by molar-refractivity contribution is 5.78. The molecule has 0 saturated heterocycles. The maximum Gasteiger partial charge on any atom is 0.323 e. The van der Waals surface area contributed by atoms with Crippen LogP contribution in [0.25, 0.3) is 0 Å². The molecule has 1 aromatic carbocycles. The van der Waals surface area contributed by atoms with E-state index in [0.29, 0.717) is 19.4 Å². The van der Waals surface area contributed by atoms with Gasteiger partial charge in [0, 0.05) is 13.5 Å². The molecule has 0 spiro atoms. The molecule has 1 aliphatic rings. The molecule has 5 heteroatoms. The minimum Gasteiger partial charge on any atom is -0.490 e. The van der Waals surface area contributed by atoms with E-state index >= 15 is 0 Å². The molecule has 0 bridgehead atoms. The summed E-state index contributed by atoms with van der Waals surface area (Å²) < 4.78 is 10.9. The van der Waals surface area contributed by atoms with Gasteiger partial charge in [0.15, 0.2) is 0 Å². The number of ether oxygens (including phenoxy) is 2. The quantitative estimate of drug-likeness (QED) is 0.838. The van der Waals surface area contributed by atoms with Gasteiger partial charge >= 0.3 is 5.97 Å². The lowest BCUT2D eigenvalue weighted by molar-refractivity contribution is -0.145. The highest BCUT2D eigenvalue weighted by Crippen LogP contribution is 2.29. The molecular weight excluding hydrogens is 270 g/mol. The van der Waals surface area contributed by atoms with Crippen LogP contribution in [0.2, 0.25) is 0 Å². The number of carbonyl (C=O) groups is 1. The number of carboxylic acids is 1. The smallest absolute Gasteiger partial charge is 0.323 e. The number of hydrogen-bond donors (Lipinski definition) is 2. The Morgan fingerprint density at radius 3 is 2.76 bits per heavy atom. The summed E-state index contributed by atoms with van der Waals surface area (Å²) in [7, 11) is 1.68. The van der Waals surface area contributed by atoms with Crippen molar-refractivity contribution >= 4 is 5.97 Å². The average molecular weight is 293 g/mol. The fraction of sp³-hybridized carbons (Fsp3) is 0.562. The van der Waals surface area contributed by atoms with Gasteiger partial charge in [0.05, 0.1) is 6.61 Å². The predicted octanol–water partition coefficient (Wildman–Crippen LogP) is 1.98. The second-order valence-electron chi connectivity index (χ2n) is 5.68. The zero-order valence-corrected chi connectivity index (χ0v) is 12.4. The zero-order valence-electron chi connectivity index (χ0n) is 12.4. The van der Waals surface area contributed by atoms with Gasteiger partial charge in [-0.3, -0.25) is 4.79 Å². The molecular formula is C16H23NO4. The number of aliphatic carboxylic acids is 1. The molecule has 0 heterocycles. The molecule has 2 rings (SSSR count). The van der Waals surface area contributed by atoms with E-state index in [-0.39, 0.29) is 6.10 Å². The highest BCUT2D eigenvalue weighted by atomic mass is 16.5. The molecule has 0 aliphatic heterocycles. The van der Waals surface area contributed by atoms with Crippen LogP contribution in [0.1, 0.15) is 31.2 Å². The van der Waals surface area contributed by atoms with Gasteiger partial charge in [0.25, 0.3) is 0 Å². The molecule has 1 aromatic rings. The predicted molar refractivity (Wildman–Crippen MR) is 79.5 cm³/mol. The first kappa shape index (κ1) is 15.8. The van der Waals surface area contributed by atoms with Crippen molar-refractivity contribution in [1.82, 2.24) is 0 Å². The van der Waals surface area contributed by atoms with Crippen molar-refractivity contribution in [2.45, 2.75) is 43.7 Å². The van der Waals surface area contributed by atoms with Gasteiger partial charge in [0.2, 0.25) is 0 Å². The fourth-order valence-electron chi connectivity index (χ4n) is 2.70. The molecule has 1 fully saturated rings. The summed E-state index contributed by atoms with van der Waals surface area (Å²) in [5.41, 5.74) is 5.97. The standard InChI is InChI=1S/C16H23NO4/c1-20-10-8-12-4-6-13(7-5-12)21-14-3-2-9-16(17,11-14)15(18)19/h4-7,14H,2-3,8-11,17H2,1H3,(H,18,19). The lowest BCUT2D eigenvalue weighted by atomic mass is 9.81. The summed E-state index contributed by atoms with van der Waals surface area (Å²) >= 11 is 0. The van der Waals surface area contributed by atoms with Crippen molar-refractivity contribution in [2.24, 2.45) is 5.73 Å². The van der Waals surface area contributed by atoms with Crippen LogP contribution in [0.4, 0.5) is 0 Å². The first-order chi connectivity index (χ1) is 10.0. The summed E-state index contributed by atoms with van der Waals surface area (Å²) in [4.78, 5) is 11.2. The Labute approximate surface area is 125 Å². The summed E-state index contributed by atoms with van der Waals surface area (Å²) in [5, 5.41) is 9.21. The molecule has 0 radical (unpaired) electrons. The number of carboxylic acid groups (broad SMARTS) is 1. The van der Waals surface area contributed by atoms with Crippen LogP contribution < -0.4 is 10.5 Å². The third-order valence-electron chi connectivity index (χ3n) is 3.99. The Morgan fingerprint density at radius 2 is 2.14 bits per heavy atom. The zero-order chi connectivity index (χ0) is 15.3. The minimum absolute atomic E-state index is 0.135. The van der Waals surface area contributed by atoms with E-state index in [2.05, 4.69) is 0 Å². The Balaban J connectivity index is 1.93. The number of nitrogens with two attached hydrogens (primary N) is 1. The van der Waals surface area contributed by atoms with Gasteiger partial charge in [-0.25, -0.2) is 0 Å². The van der Waals surface area contributed by atoms with Gasteiger partial charge in [-0.1, -0.05) is 12.1 Å². The third-order valence-corrected chi connectivity index (χ3v) is 3.99. The van der Waals surface area contributed by atoms with E-state index in [1.807, 2.05) is 24.3 Å². The number of methoxy groups -OCH3 is 1. The van der Waals surface area contributed by atoms with Crippen molar-refractivity contribution in [2.75, 3.05) is 13.7 Å². The Morgan fingerprint density at radius 1 is 1.43 bits per heavy atom. The van der Waals surface area contributed by atoms with Gasteiger partial charge in [-0.2, -0.15) is 0 Å². The number of rotatable bonds is 6. The number of benzene rings is 1. The van der Waals surface area contributed by atoms with Gasteiger partial charge in [-0.05, 0) is 43.4 Å². The van der Waals surface area contributed by atoms with Crippen LogP contribution in [0.3, 0.4) is 0 Å². The van der Waals surface area contributed by atoms with E-state index in [0.717, 1.165) is 25.0 Å². The van der Waals surface area contributed by atoms with Gasteiger partial charge in [0.1, 0.15) is 17.4 Å². The van der Waals surface area contributed by atoms with Gasteiger partial charge in [-0.15, -0.1) is 0 Å². The van der Waals surface area contributed by atoms with Crippen LogP contribution in [-0.2, 0) is 16.0 Å². The summed E-state index contributed by atoms with van der Waals surface area (Å²) in [6, 6.07) is 7.84. The second kappa shape index (κ2) is 6.91. The Bertz CT molecular complexity index is 474. The lowest BCUT2D eigenvalue weighted by Crippen LogP contribution is -2.53. The number of hydrogen-bond acceptors (Lipinski definition) is 4. The van der Waals surface area contributed by atoms with Crippen LogP contribution in [0, 0.1) is 0 Å². The van der Waals surface area contributed by atoms with Crippen molar-refractivity contribution in [3.05, 3.63) is 29.8 Å². The normalized spacial score (nSPS) is 25.5. The Hall–Kier alpha value is -1.59. The average Bonchev–Trinajstić information content (AvgIpc) is 2.46. The van der Waals surface area contributed by atoms with Crippen LogP contribution in [0.15, 0.2) is 24.3 Å². The molecule has 0 aromatic heterocycles. The molecule has 2 unspecified atom stereocenters. The second-order valence-corrected chi connectivity index (χ2v) is 5.68. The van der Waals surface area contributed by atoms with E-state index in [1.54, 1.807) is 7.11 Å². The summed E-state index contributed by atoms with van der Waals surface area (Å²) in [6.07, 6.45) is 3.22. The van der Waals surface area contributed by atoms with Gasteiger partial charge < -0.3 is 20.3 Å². The SMILES string of the molecule is COCCc1ccc(OC2CCCC(N)(C(=O)O)C2)cc1. The maximum absolute atomic E-state index is 11.2. The van der Waals surface area contributed by atoms with Crippen molar-refractivity contribution in [3.8, 4) is 5.75 Å². The van der Waals surface area contributed by atoms with Crippen LogP contribution in [-0.4, -0.2) is 36.4 Å². The topological polar surface area (TPSA) is 81.8 Å². The van der Waals surface area contributed by atoms with E-state index in [4.69, 9.17) is 15.2 Å². The summed E-state index contributed by atoms with van der Waals surface area (Å²) in [6.45, 7) is 0.692. The molecule has 1 aliphatic carbocycles. The largest absolute Gasteiger partial charge is 0.490 e. The molecule has 116 valence electrons. The van der Waals surface area contributed by atoms with Crippen LogP contribution >= 0.6 is 0 Å². The maximum atomic E-state index is 11.2. The van der Waals surface area contributed by atoms with Crippen molar-refractivity contribution < 1.29 is 19.4 Å². The minimum atomic E-state index is -1.15. The van der Waals surface area contributed by atoms with Crippen molar-refractivity contribution in [3.63, 3.8) is 0 Å². The van der Waals surface area contributed by atoms with E-state index < -0.39 is 11.5 Å². The molecule has 0 amide bonds. The molecule has 3 N–H and O–H groups in total. The fourth-order valence-corrected chi connectivity index (χ4v) is 2.70. The third kappa shape index (κ3) is 4.19. The Kier molecular flexibility index (Phi) is 5.20. The summed E-state index contributed by atoms with van der Waals surface area (Å²) in [5.74, 6) is -0.179. The van der Waals surface area contributed by atoms with Crippen molar-refractivity contribution in [1.29, 1.82) is 0 Å². The molecule has 1 saturated carbocycles. The highest BCUT2D eigenvalue weighted by Gasteiger charge is 2.40. The first-order valence-electron chi connectivity index (χ1n) is 7.30. The van der Waals surface area contributed by atoms with E-state index in [9.17, 15) is 9.90 Å². The molecule has 2 atom stereocenters. The molecule has 5 nitrogen and oxygen atoms in total. The van der Waals surface area contributed by atoms with E-state index in [1.165, 1.54) is 5.56 Å². The van der Waals surface area contributed by atoms with Crippen LogP contribution in [0.5, 0.6) is 5.75 Å². The first-order valence-corrected chi connectivity index (χ1v) is 7.30. The monoisotopic (exact) mass is 293 g/mol. The molecule has 21 heavy (non-hydrogen) atoms.